The number of Topliss-reactive ketones (excluding diaryl/α,β-unsaturated/α-hetero) is 1. The quantitative estimate of drug-likeness (QED) is 0.461. The van der Waals surface area contributed by atoms with Gasteiger partial charge in [-0.15, -0.1) is 11.3 Å². The van der Waals surface area contributed by atoms with Gasteiger partial charge in [-0.3, -0.25) is 4.79 Å². The molecule has 194 valence electrons. The molecule has 0 amide bonds. The van der Waals surface area contributed by atoms with Crippen molar-refractivity contribution in [1.29, 1.82) is 0 Å². The van der Waals surface area contributed by atoms with E-state index >= 15 is 0 Å². The van der Waals surface area contributed by atoms with Crippen molar-refractivity contribution in [2.24, 2.45) is 17.3 Å². The van der Waals surface area contributed by atoms with Crippen LogP contribution in [0.2, 0.25) is 0 Å². The summed E-state index contributed by atoms with van der Waals surface area (Å²) in [5, 5.41) is 22.6. The minimum absolute atomic E-state index is 0.0211. The van der Waals surface area contributed by atoms with Crippen molar-refractivity contribution in [3.8, 4) is 0 Å². The molecule has 1 fully saturated rings. The number of aliphatic hydroxyl groups excluding tert-OH is 2. The second kappa shape index (κ2) is 11.0. The Labute approximate surface area is 212 Å². The summed E-state index contributed by atoms with van der Waals surface area (Å²) in [7, 11) is 0. The maximum absolute atomic E-state index is 13.1. The van der Waals surface area contributed by atoms with Gasteiger partial charge in [0.15, 0.2) is 0 Å². The van der Waals surface area contributed by atoms with Crippen LogP contribution < -0.4 is 0 Å². The Kier molecular flexibility index (Phi) is 8.73. The zero-order valence-electron chi connectivity index (χ0n) is 21.6. The number of ketones is 1. The number of aliphatic hydroxyl groups is 2. The van der Waals surface area contributed by atoms with Gasteiger partial charge in [0.1, 0.15) is 16.9 Å². The zero-order valence-corrected chi connectivity index (χ0v) is 22.4. The predicted molar refractivity (Wildman–Crippen MR) is 136 cm³/mol. The predicted octanol–water partition coefficient (Wildman–Crippen LogP) is 4.47. The van der Waals surface area contributed by atoms with Crippen molar-refractivity contribution in [3.63, 3.8) is 0 Å². The number of ether oxygens (including phenoxy) is 2. The first-order valence-corrected chi connectivity index (χ1v) is 13.3. The molecule has 3 rings (SSSR count). The van der Waals surface area contributed by atoms with Crippen LogP contribution in [-0.4, -0.2) is 50.9 Å². The van der Waals surface area contributed by atoms with Crippen LogP contribution in [0.15, 0.2) is 23.1 Å². The SMILES string of the molecule is C/C(=C\c1csc(CO)n1)[C@@H]1CC2O[C@]2(C)CCC[C@H](C)[C@H](O)[C@@H](C)C(=O)C(C)(C)/C=C/C(=O)O1. The first kappa shape index (κ1) is 27.7. The number of hydrogen-bond acceptors (Lipinski definition) is 8. The first-order valence-electron chi connectivity index (χ1n) is 12.4. The van der Waals surface area contributed by atoms with E-state index in [1.54, 1.807) is 26.8 Å². The normalized spacial score (nSPS) is 35.8. The maximum Gasteiger partial charge on any atom is 0.331 e. The summed E-state index contributed by atoms with van der Waals surface area (Å²) in [5.41, 5.74) is 0.330. The summed E-state index contributed by atoms with van der Waals surface area (Å²) in [6.45, 7) is 11.1. The Bertz CT molecular complexity index is 982. The van der Waals surface area contributed by atoms with Gasteiger partial charge in [0, 0.05) is 29.2 Å². The van der Waals surface area contributed by atoms with E-state index in [4.69, 9.17) is 9.47 Å². The van der Waals surface area contributed by atoms with Crippen molar-refractivity contribution in [3.05, 3.63) is 33.8 Å². The first-order chi connectivity index (χ1) is 16.4. The number of epoxide rings is 1. The molecular weight excluding hydrogens is 466 g/mol. The van der Waals surface area contributed by atoms with E-state index in [1.165, 1.54) is 17.4 Å². The molecule has 0 aliphatic carbocycles. The van der Waals surface area contributed by atoms with E-state index in [0.717, 1.165) is 24.8 Å². The third-order valence-corrected chi connectivity index (χ3v) is 8.27. The van der Waals surface area contributed by atoms with Gasteiger partial charge in [-0.1, -0.05) is 26.3 Å². The lowest BCUT2D eigenvalue weighted by Crippen LogP contribution is -2.38. The molecule has 1 saturated heterocycles. The highest BCUT2D eigenvalue weighted by molar-refractivity contribution is 7.09. The van der Waals surface area contributed by atoms with Gasteiger partial charge in [-0.05, 0) is 58.1 Å². The number of rotatable bonds is 3. The smallest absolute Gasteiger partial charge is 0.331 e. The molecule has 1 unspecified atom stereocenters. The molecule has 7 nitrogen and oxygen atoms in total. The summed E-state index contributed by atoms with van der Waals surface area (Å²) < 4.78 is 11.9. The number of cyclic esters (lactones) is 1. The molecule has 0 radical (unpaired) electrons. The molecule has 0 bridgehead atoms. The standard InChI is InChI=1S/C27H39NO6S/c1-16-8-7-10-27(6)21(34-27)13-20(17(2)12-19-15-35-22(14-29)28-19)33-23(30)9-11-26(4,5)25(32)18(3)24(16)31/h9,11-12,15-16,18,20-21,24,29,31H,7-8,10,13-14H2,1-6H3/b11-9+,17-12+/t16-,18+,20-,21?,24-,27+/m0/s1. The highest BCUT2D eigenvalue weighted by Crippen LogP contribution is 2.45. The highest BCUT2D eigenvalue weighted by Gasteiger charge is 2.52. The molecule has 0 saturated carbocycles. The lowest BCUT2D eigenvalue weighted by Gasteiger charge is -2.30. The number of thiazole rings is 1. The van der Waals surface area contributed by atoms with E-state index in [1.807, 2.05) is 25.3 Å². The summed E-state index contributed by atoms with van der Waals surface area (Å²) in [6.07, 6.45) is 6.48. The van der Waals surface area contributed by atoms with Crippen molar-refractivity contribution in [2.45, 2.75) is 97.7 Å². The van der Waals surface area contributed by atoms with Gasteiger partial charge in [-0.25, -0.2) is 9.78 Å². The lowest BCUT2D eigenvalue weighted by molar-refractivity contribution is -0.141. The Morgan fingerprint density at radius 1 is 1.29 bits per heavy atom. The van der Waals surface area contributed by atoms with Gasteiger partial charge >= 0.3 is 5.97 Å². The van der Waals surface area contributed by atoms with E-state index in [9.17, 15) is 19.8 Å². The van der Waals surface area contributed by atoms with Crippen LogP contribution in [0.3, 0.4) is 0 Å². The average molecular weight is 506 g/mol. The number of hydrogen-bond donors (Lipinski definition) is 2. The van der Waals surface area contributed by atoms with E-state index in [0.29, 0.717) is 17.1 Å². The van der Waals surface area contributed by atoms with Crippen molar-refractivity contribution < 1.29 is 29.3 Å². The number of carbonyl (C=O) groups is 2. The summed E-state index contributed by atoms with van der Waals surface area (Å²) in [5.74, 6) is -1.21. The zero-order chi connectivity index (χ0) is 26.0. The molecule has 2 aliphatic rings. The molecule has 0 aromatic carbocycles. The Balaban J connectivity index is 1.86. The van der Waals surface area contributed by atoms with Crippen LogP contribution in [0.4, 0.5) is 0 Å². The number of fused-ring (bicyclic) bond motifs is 1. The van der Waals surface area contributed by atoms with Crippen LogP contribution >= 0.6 is 11.3 Å². The maximum atomic E-state index is 13.1. The van der Waals surface area contributed by atoms with Crippen molar-refractivity contribution >= 4 is 29.2 Å². The van der Waals surface area contributed by atoms with Gasteiger partial charge < -0.3 is 19.7 Å². The fraction of sp³-hybridized carbons (Fsp3) is 0.667. The van der Waals surface area contributed by atoms with Crippen LogP contribution in [0, 0.1) is 17.3 Å². The molecule has 1 aromatic heterocycles. The molecule has 35 heavy (non-hydrogen) atoms. The van der Waals surface area contributed by atoms with Gasteiger partial charge in [-0.2, -0.15) is 0 Å². The topological polar surface area (TPSA) is 109 Å². The minimum atomic E-state index is -0.921. The van der Waals surface area contributed by atoms with E-state index < -0.39 is 29.5 Å². The second-order valence-electron chi connectivity index (χ2n) is 10.9. The number of esters is 1. The van der Waals surface area contributed by atoms with Gasteiger partial charge in [0.2, 0.25) is 0 Å². The number of nitrogens with zero attached hydrogens (tertiary/aromatic N) is 1. The van der Waals surface area contributed by atoms with Crippen molar-refractivity contribution in [1.82, 2.24) is 4.98 Å². The average Bonchev–Trinajstić information content (AvgIpc) is 3.22. The minimum Gasteiger partial charge on any atom is -0.455 e. The van der Waals surface area contributed by atoms with Crippen LogP contribution in [-0.2, 0) is 25.7 Å². The largest absolute Gasteiger partial charge is 0.455 e. The molecular formula is C27H39NO6S. The molecule has 6 atom stereocenters. The number of aromatic nitrogens is 1. The summed E-state index contributed by atoms with van der Waals surface area (Å²) in [4.78, 5) is 30.3. The van der Waals surface area contributed by atoms with Crippen LogP contribution in [0.1, 0.15) is 77.9 Å². The monoisotopic (exact) mass is 505 g/mol. The molecule has 2 aliphatic heterocycles. The van der Waals surface area contributed by atoms with Crippen LogP contribution in [0.5, 0.6) is 0 Å². The highest BCUT2D eigenvalue weighted by atomic mass is 32.1. The Morgan fingerprint density at radius 3 is 2.66 bits per heavy atom. The molecule has 1 aromatic rings. The van der Waals surface area contributed by atoms with Gasteiger partial charge in [0.25, 0.3) is 0 Å². The van der Waals surface area contributed by atoms with Crippen LogP contribution in [0.25, 0.3) is 6.08 Å². The second-order valence-corrected chi connectivity index (χ2v) is 11.8. The molecule has 3 heterocycles. The lowest BCUT2D eigenvalue weighted by atomic mass is 9.76. The molecule has 8 heteroatoms. The molecule has 2 N–H and O–H groups in total. The Morgan fingerprint density at radius 2 is 2.00 bits per heavy atom. The number of carbonyl (C=O) groups excluding carboxylic acids is 2. The van der Waals surface area contributed by atoms with E-state index in [-0.39, 0.29) is 30.0 Å². The van der Waals surface area contributed by atoms with Crippen molar-refractivity contribution in [2.75, 3.05) is 0 Å². The van der Waals surface area contributed by atoms with Gasteiger partial charge in [0.05, 0.1) is 30.1 Å². The fourth-order valence-electron chi connectivity index (χ4n) is 4.84. The number of allylic oxidation sites excluding steroid dienone is 1. The third kappa shape index (κ3) is 6.88. The summed E-state index contributed by atoms with van der Waals surface area (Å²) in [6, 6.07) is 0. The molecule has 0 spiro atoms. The Hall–Kier alpha value is -1.87. The fourth-order valence-corrected chi connectivity index (χ4v) is 5.45. The third-order valence-electron chi connectivity index (χ3n) is 7.42. The van der Waals surface area contributed by atoms with E-state index in [2.05, 4.69) is 11.9 Å². The summed E-state index contributed by atoms with van der Waals surface area (Å²) >= 11 is 1.37.